The van der Waals surface area contributed by atoms with Gasteiger partial charge in [0.1, 0.15) is 0 Å². The Kier molecular flexibility index (Phi) is 4.91. The molecule has 16 heavy (non-hydrogen) atoms. The molecule has 1 heterocycles. The lowest BCUT2D eigenvalue weighted by molar-refractivity contribution is 0.0954. The molecule has 0 saturated carbocycles. The molecule has 1 aromatic rings. The zero-order chi connectivity index (χ0) is 12.3. The Bertz CT molecular complexity index is 367. The standard InChI is InChI=1S/C11H16Br2N2O/c1-7(16)11(2,3)15-6-10-9(13)4-8(12)5-14-10/h4-5,7,15-16H,6H2,1-3H3. The van der Waals surface area contributed by atoms with Gasteiger partial charge in [-0.15, -0.1) is 0 Å². The largest absolute Gasteiger partial charge is 0.392 e. The molecule has 0 amide bonds. The maximum absolute atomic E-state index is 9.57. The monoisotopic (exact) mass is 350 g/mol. The van der Waals surface area contributed by atoms with Gasteiger partial charge in [-0.25, -0.2) is 0 Å². The summed E-state index contributed by atoms with van der Waals surface area (Å²) in [5, 5.41) is 12.8. The minimum absolute atomic E-state index is 0.325. The smallest absolute Gasteiger partial charge is 0.0688 e. The Labute approximate surface area is 113 Å². The molecule has 0 aliphatic heterocycles. The van der Waals surface area contributed by atoms with Crippen LogP contribution in [0.3, 0.4) is 0 Å². The number of aliphatic hydroxyl groups is 1. The van der Waals surface area contributed by atoms with Gasteiger partial charge in [0.25, 0.3) is 0 Å². The number of aromatic nitrogens is 1. The Morgan fingerprint density at radius 2 is 2.12 bits per heavy atom. The maximum atomic E-state index is 9.57. The van der Waals surface area contributed by atoms with Crippen molar-refractivity contribution >= 4 is 31.9 Å². The fourth-order valence-corrected chi connectivity index (χ4v) is 2.16. The highest BCUT2D eigenvalue weighted by Crippen LogP contribution is 2.20. The van der Waals surface area contributed by atoms with Gasteiger partial charge in [0, 0.05) is 27.2 Å². The van der Waals surface area contributed by atoms with Gasteiger partial charge < -0.3 is 10.4 Å². The lowest BCUT2D eigenvalue weighted by atomic mass is 9.99. The van der Waals surface area contributed by atoms with E-state index in [2.05, 4.69) is 42.2 Å². The summed E-state index contributed by atoms with van der Waals surface area (Å²) >= 11 is 6.81. The molecule has 2 N–H and O–H groups in total. The number of nitrogens with one attached hydrogen (secondary N) is 1. The predicted octanol–water partition coefficient (Wildman–Crippen LogP) is 2.86. The molecule has 0 aromatic carbocycles. The Morgan fingerprint density at radius 1 is 1.50 bits per heavy atom. The summed E-state index contributed by atoms with van der Waals surface area (Å²) in [4.78, 5) is 4.30. The molecule has 0 aliphatic rings. The van der Waals surface area contributed by atoms with Gasteiger partial charge in [-0.2, -0.15) is 0 Å². The molecule has 1 rings (SSSR count). The summed E-state index contributed by atoms with van der Waals surface area (Å²) in [5.74, 6) is 0. The Balaban J connectivity index is 2.68. The third kappa shape index (κ3) is 3.80. The first-order valence-corrected chi connectivity index (χ1v) is 6.64. The van der Waals surface area contributed by atoms with E-state index in [9.17, 15) is 5.11 Å². The molecule has 0 fully saturated rings. The van der Waals surface area contributed by atoms with Gasteiger partial charge in [0.05, 0.1) is 11.8 Å². The third-order valence-corrected chi connectivity index (χ3v) is 3.76. The van der Waals surface area contributed by atoms with Crippen molar-refractivity contribution in [3.63, 3.8) is 0 Å². The van der Waals surface area contributed by atoms with Gasteiger partial charge in [0.15, 0.2) is 0 Å². The summed E-state index contributed by atoms with van der Waals surface area (Å²) in [6, 6.07) is 1.96. The molecule has 0 bridgehead atoms. The Hall–Kier alpha value is 0.0300. The van der Waals surface area contributed by atoms with Crippen LogP contribution in [-0.4, -0.2) is 21.7 Å². The summed E-state index contributed by atoms with van der Waals surface area (Å²) in [7, 11) is 0. The molecule has 0 spiro atoms. The second-order valence-corrected chi connectivity index (χ2v) is 6.10. The number of halogens is 2. The van der Waals surface area contributed by atoms with Gasteiger partial charge in [-0.05, 0) is 58.7 Å². The van der Waals surface area contributed by atoms with Crippen molar-refractivity contribution in [3.05, 3.63) is 26.9 Å². The molecule has 0 aliphatic carbocycles. The number of pyridine rings is 1. The molecule has 90 valence electrons. The van der Waals surface area contributed by atoms with Crippen molar-refractivity contribution in [2.45, 2.75) is 39.0 Å². The normalized spacial score (nSPS) is 13.9. The molecule has 3 nitrogen and oxygen atoms in total. The average Bonchev–Trinajstić information content (AvgIpc) is 2.16. The fourth-order valence-electron chi connectivity index (χ4n) is 1.03. The Morgan fingerprint density at radius 3 is 2.62 bits per heavy atom. The van der Waals surface area contributed by atoms with Gasteiger partial charge in [-0.3, -0.25) is 4.98 Å². The van der Waals surface area contributed by atoms with E-state index in [0.29, 0.717) is 6.54 Å². The zero-order valence-electron chi connectivity index (χ0n) is 9.59. The lowest BCUT2D eigenvalue weighted by Gasteiger charge is -2.29. The van der Waals surface area contributed by atoms with E-state index in [0.717, 1.165) is 14.6 Å². The highest BCUT2D eigenvalue weighted by molar-refractivity contribution is 9.11. The van der Waals surface area contributed by atoms with E-state index >= 15 is 0 Å². The first-order chi connectivity index (χ1) is 7.33. The molecular weight excluding hydrogens is 336 g/mol. The van der Waals surface area contributed by atoms with Crippen LogP contribution in [0.1, 0.15) is 26.5 Å². The average molecular weight is 352 g/mol. The lowest BCUT2D eigenvalue weighted by Crippen LogP contribution is -2.47. The number of aliphatic hydroxyl groups excluding tert-OH is 1. The van der Waals surface area contributed by atoms with Crippen LogP contribution in [0.5, 0.6) is 0 Å². The van der Waals surface area contributed by atoms with E-state index in [1.807, 2.05) is 19.9 Å². The van der Waals surface area contributed by atoms with E-state index < -0.39 is 6.10 Å². The van der Waals surface area contributed by atoms with Crippen molar-refractivity contribution in [2.75, 3.05) is 0 Å². The SMILES string of the molecule is CC(O)C(C)(C)NCc1ncc(Br)cc1Br. The van der Waals surface area contributed by atoms with Crippen LogP contribution >= 0.6 is 31.9 Å². The summed E-state index contributed by atoms with van der Waals surface area (Å²) in [5.41, 5.74) is 0.603. The topological polar surface area (TPSA) is 45.1 Å². The van der Waals surface area contributed by atoms with E-state index in [-0.39, 0.29) is 5.54 Å². The van der Waals surface area contributed by atoms with Crippen LogP contribution in [0.25, 0.3) is 0 Å². The van der Waals surface area contributed by atoms with Crippen molar-refractivity contribution in [3.8, 4) is 0 Å². The van der Waals surface area contributed by atoms with Gasteiger partial charge in [-0.1, -0.05) is 0 Å². The van der Waals surface area contributed by atoms with Crippen LogP contribution in [0, 0.1) is 0 Å². The first-order valence-electron chi connectivity index (χ1n) is 5.06. The van der Waals surface area contributed by atoms with E-state index in [1.54, 1.807) is 13.1 Å². The quantitative estimate of drug-likeness (QED) is 0.876. The first kappa shape index (κ1) is 14.1. The highest BCUT2D eigenvalue weighted by Gasteiger charge is 2.23. The molecule has 1 aromatic heterocycles. The molecular formula is C11H16Br2N2O. The van der Waals surface area contributed by atoms with Crippen LogP contribution in [0.15, 0.2) is 21.2 Å². The minimum atomic E-state index is -0.415. The van der Waals surface area contributed by atoms with Crippen LogP contribution in [0.4, 0.5) is 0 Å². The summed E-state index contributed by atoms with van der Waals surface area (Å²) < 4.78 is 1.90. The van der Waals surface area contributed by atoms with Crippen molar-refractivity contribution in [2.24, 2.45) is 0 Å². The second-order valence-electron chi connectivity index (χ2n) is 4.33. The fraction of sp³-hybridized carbons (Fsp3) is 0.545. The van der Waals surface area contributed by atoms with Crippen molar-refractivity contribution < 1.29 is 5.11 Å². The number of nitrogens with zero attached hydrogens (tertiary/aromatic N) is 1. The zero-order valence-corrected chi connectivity index (χ0v) is 12.8. The third-order valence-electron chi connectivity index (χ3n) is 2.64. The number of hydrogen-bond acceptors (Lipinski definition) is 3. The summed E-state index contributed by atoms with van der Waals surface area (Å²) in [6.45, 7) is 6.32. The van der Waals surface area contributed by atoms with Gasteiger partial charge >= 0.3 is 0 Å². The van der Waals surface area contributed by atoms with Crippen LogP contribution in [0.2, 0.25) is 0 Å². The van der Waals surface area contributed by atoms with E-state index in [4.69, 9.17) is 0 Å². The summed E-state index contributed by atoms with van der Waals surface area (Å²) in [6.07, 6.45) is 1.35. The van der Waals surface area contributed by atoms with Crippen LogP contribution in [-0.2, 0) is 6.54 Å². The maximum Gasteiger partial charge on any atom is 0.0688 e. The van der Waals surface area contributed by atoms with Crippen LogP contribution < -0.4 is 5.32 Å². The van der Waals surface area contributed by atoms with Crippen molar-refractivity contribution in [1.29, 1.82) is 0 Å². The molecule has 0 saturated heterocycles. The number of hydrogen-bond donors (Lipinski definition) is 2. The van der Waals surface area contributed by atoms with Crippen molar-refractivity contribution in [1.82, 2.24) is 10.3 Å². The molecule has 1 atom stereocenters. The van der Waals surface area contributed by atoms with E-state index in [1.165, 1.54) is 0 Å². The predicted molar refractivity (Wildman–Crippen MR) is 72.2 cm³/mol. The highest BCUT2D eigenvalue weighted by atomic mass is 79.9. The molecule has 1 unspecified atom stereocenters. The molecule has 0 radical (unpaired) electrons. The minimum Gasteiger partial charge on any atom is -0.392 e. The van der Waals surface area contributed by atoms with Gasteiger partial charge in [0.2, 0.25) is 0 Å². The second kappa shape index (κ2) is 5.58. The number of rotatable bonds is 4. The molecule has 5 heteroatoms.